The molecule has 0 radical (unpaired) electrons. The van der Waals surface area contributed by atoms with Gasteiger partial charge in [0.25, 0.3) is 5.91 Å². The minimum atomic E-state index is -0.638. The molecule has 7 nitrogen and oxygen atoms in total. The Balaban J connectivity index is 1.47. The number of carbonyl (C=O) groups is 1. The van der Waals surface area contributed by atoms with E-state index in [1.165, 1.54) is 16.9 Å². The molecule has 1 amide bonds. The Hall–Kier alpha value is -3.88. The Kier molecular flexibility index (Phi) is 4.58. The van der Waals surface area contributed by atoms with Gasteiger partial charge in [-0.2, -0.15) is 20.1 Å². The van der Waals surface area contributed by atoms with Gasteiger partial charge in [-0.1, -0.05) is 12.1 Å². The van der Waals surface area contributed by atoms with Crippen LogP contribution < -0.4 is 0 Å². The number of carbonyl (C=O) groups excluding carboxylic acids is 1. The summed E-state index contributed by atoms with van der Waals surface area (Å²) in [4.78, 5) is 16.4. The molecule has 1 aliphatic heterocycles. The number of rotatable bonds is 3. The summed E-state index contributed by atoms with van der Waals surface area (Å²) in [5.41, 5.74) is 3.81. The van der Waals surface area contributed by atoms with Gasteiger partial charge in [0, 0.05) is 30.8 Å². The summed E-state index contributed by atoms with van der Waals surface area (Å²) in [6.07, 6.45) is 3.64. The Morgan fingerprint density at radius 2 is 1.74 bits per heavy atom. The van der Waals surface area contributed by atoms with Gasteiger partial charge in [0.05, 0.1) is 41.6 Å². The van der Waals surface area contributed by atoms with Gasteiger partial charge < -0.3 is 4.90 Å². The molecule has 0 bridgehead atoms. The Morgan fingerprint density at radius 3 is 2.48 bits per heavy atom. The lowest BCUT2D eigenvalue weighted by molar-refractivity contribution is 0.0732. The van der Waals surface area contributed by atoms with Crippen molar-refractivity contribution in [1.29, 1.82) is 0 Å². The molecule has 156 valence electrons. The second-order valence-corrected chi connectivity index (χ2v) is 7.37. The summed E-state index contributed by atoms with van der Waals surface area (Å²) in [7, 11) is 1.74. The Labute approximate surface area is 176 Å². The van der Waals surface area contributed by atoms with Gasteiger partial charge in [0.15, 0.2) is 0 Å². The molecule has 4 aromatic rings. The van der Waals surface area contributed by atoms with Crippen LogP contribution in [0.4, 0.5) is 8.78 Å². The number of nitrogens with zero attached hydrogens (tertiary/aromatic N) is 6. The van der Waals surface area contributed by atoms with Crippen LogP contribution >= 0.6 is 0 Å². The molecule has 9 heteroatoms. The number of benzene rings is 2. The molecule has 31 heavy (non-hydrogen) atoms. The lowest BCUT2D eigenvalue weighted by Crippen LogP contribution is -2.36. The lowest BCUT2D eigenvalue weighted by Gasteiger charge is -2.27. The van der Waals surface area contributed by atoms with Gasteiger partial charge in [0.1, 0.15) is 11.6 Å². The SMILES string of the molecule is Cn1nc2c(c1-c1cc(F)cc(F)c1)CCN(C(=O)c1ccccc1-n1nccn1)C2. The highest BCUT2D eigenvalue weighted by Crippen LogP contribution is 2.31. The molecule has 0 spiro atoms. The molecule has 3 heterocycles. The Bertz CT molecular complexity index is 1260. The number of hydrogen-bond acceptors (Lipinski definition) is 4. The summed E-state index contributed by atoms with van der Waals surface area (Å²) in [6, 6.07) is 10.6. The quantitative estimate of drug-likeness (QED) is 0.511. The van der Waals surface area contributed by atoms with Crippen LogP contribution in [0.2, 0.25) is 0 Å². The maximum absolute atomic E-state index is 13.8. The normalized spacial score (nSPS) is 13.3. The van der Waals surface area contributed by atoms with Crippen LogP contribution in [0, 0.1) is 11.6 Å². The molecule has 2 aromatic carbocycles. The Morgan fingerprint density at radius 1 is 1.03 bits per heavy atom. The smallest absolute Gasteiger partial charge is 0.256 e. The molecule has 2 aromatic heterocycles. The zero-order valence-corrected chi connectivity index (χ0v) is 16.7. The summed E-state index contributed by atoms with van der Waals surface area (Å²) < 4.78 is 29.1. The van der Waals surface area contributed by atoms with Gasteiger partial charge in [-0.25, -0.2) is 8.78 Å². The fraction of sp³-hybridized carbons (Fsp3) is 0.182. The summed E-state index contributed by atoms with van der Waals surface area (Å²) in [5, 5.41) is 12.8. The third-order valence-corrected chi connectivity index (χ3v) is 5.39. The summed E-state index contributed by atoms with van der Waals surface area (Å²) in [6.45, 7) is 0.768. The van der Waals surface area contributed by atoms with Crippen molar-refractivity contribution < 1.29 is 13.6 Å². The van der Waals surface area contributed by atoms with E-state index in [2.05, 4.69) is 15.3 Å². The first-order chi connectivity index (χ1) is 15.0. The van der Waals surface area contributed by atoms with Gasteiger partial charge in [-0.05, 0) is 30.7 Å². The molecule has 0 atom stereocenters. The second-order valence-electron chi connectivity index (χ2n) is 7.37. The number of amides is 1. The zero-order valence-electron chi connectivity index (χ0n) is 16.7. The van der Waals surface area contributed by atoms with Gasteiger partial charge in [0.2, 0.25) is 0 Å². The minimum Gasteiger partial charge on any atom is -0.332 e. The van der Waals surface area contributed by atoms with Crippen molar-refractivity contribution in [2.45, 2.75) is 13.0 Å². The first kappa shape index (κ1) is 19.1. The molecule has 0 unspecified atom stereocenters. The number of aromatic nitrogens is 5. The maximum atomic E-state index is 13.8. The van der Waals surface area contributed by atoms with Crippen LogP contribution in [-0.4, -0.2) is 42.1 Å². The molecule has 0 fully saturated rings. The number of fused-ring (bicyclic) bond motifs is 1. The van der Waals surface area contributed by atoms with Crippen molar-refractivity contribution in [3.63, 3.8) is 0 Å². The third-order valence-electron chi connectivity index (χ3n) is 5.39. The number of para-hydroxylation sites is 1. The molecule has 0 saturated heterocycles. The van der Waals surface area contributed by atoms with Crippen LogP contribution in [0.5, 0.6) is 0 Å². The average molecular weight is 420 g/mol. The summed E-state index contributed by atoms with van der Waals surface area (Å²) >= 11 is 0. The van der Waals surface area contributed by atoms with Crippen molar-refractivity contribution in [2.75, 3.05) is 6.54 Å². The van der Waals surface area contributed by atoms with E-state index in [0.717, 1.165) is 17.3 Å². The van der Waals surface area contributed by atoms with Gasteiger partial charge in [-0.3, -0.25) is 9.48 Å². The van der Waals surface area contributed by atoms with E-state index in [1.54, 1.807) is 47.2 Å². The van der Waals surface area contributed by atoms with E-state index in [-0.39, 0.29) is 5.91 Å². The van der Waals surface area contributed by atoms with Crippen LogP contribution in [0.3, 0.4) is 0 Å². The van der Waals surface area contributed by atoms with Crippen molar-refractivity contribution in [1.82, 2.24) is 29.7 Å². The van der Waals surface area contributed by atoms with E-state index in [4.69, 9.17) is 0 Å². The molecule has 5 rings (SSSR count). The van der Waals surface area contributed by atoms with E-state index in [0.29, 0.717) is 42.0 Å². The lowest BCUT2D eigenvalue weighted by atomic mass is 9.99. The number of aryl methyl sites for hydroxylation is 1. The third kappa shape index (κ3) is 3.37. The van der Waals surface area contributed by atoms with E-state index < -0.39 is 11.6 Å². The molecule has 0 N–H and O–H groups in total. The minimum absolute atomic E-state index is 0.150. The highest BCUT2D eigenvalue weighted by Gasteiger charge is 2.29. The van der Waals surface area contributed by atoms with E-state index in [9.17, 15) is 13.6 Å². The second kappa shape index (κ2) is 7.42. The van der Waals surface area contributed by atoms with Crippen LogP contribution in [-0.2, 0) is 20.0 Å². The van der Waals surface area contributed by atoms with Gasteiger partial charge in [-0.15, -0.1) is 0 Å². The van der Waals surface area contributed by atoms with Crippen LogP contribution in [0.25, 0.3) is 16.9 Å². The fourth-order valence-electron chi connectivity index (χ4n) is 4.08. The van der Waals surface area contributed by atoms with Crippen molar-refractivity contribution in [2.24, 2.45) is 7.05 Å². The highest BCUT2D eigenvalue weighted by molar-refractivity contribution is 5.97. The molecular weight excluding hydrogens is 402 g/mol. The topological polar surface area (TPSA) is 68.8 Å². The number of hydrogen-bond donors (Lipinski definition) is 0. The standard InChI is InChI=1S/C22H18F2N6O/c1-28-21(14-10-15(23)12-16(24)11-14)17-6-9-29(13-19(17)27-28)22(31)18-4-2-3-5-20(18)30-25-7-8-26-30/h2-5,7-8,10-12H,6,9,13H2,1H3. The van der Waals surface area contributed by atoms with E-state index >= 15 is 0 Å². The van der Waals surface area contributed by atoms with Crippen molar-refractivity contribution >= 4 is 5.91 Å². The first-order valence-electron chi connectivity index (χ1n) is 9.77. The number of halogens is 2. The zero-order chi connectivity index (χ0) is 21.5. The predicted molar refractivity (Wildman–Crippen MR) is 108 cm³/mol. The van der Waals surface area contributed by atoms with Crippen molar-refractivity contribution in [3.05, 3.63) is 83.3 Å². The highest BCUT2D eigenvalue weighted by atomic mass is 19.1. The maximum Gasteiger partial charge on any atom is 0.256 e. The molecule has 1 aliphatic rings. The predicted octanol–water partition coefficient (Wildman–Crippen LogP) is 3.14. The molecule has 0 saturated carbocycles. The van der Waals surface area contributed by atoms with Crippen LogP contribution in [0.1, 0.15) is 21.6 Å². The average Bonchev–Trinajstić information content (AvgIpc) is 3.39. The molecular formula is C22H18F2N6O. The van der Waals surface area contributed by atoms with Crippen LogP contribution in [0.15, 0.2) is 54.9 Å². The monoisotopic (exact) mass is 420 g/mol. The van der Waals surface area contributed by atoms with Gasteiger partial charge >= 0.3 is 0 Å². The van der Waals surface area contributed by atoms with Crippen molar-refractivity contribution in [3.8, 4) is 16.9 Å². The first-order valence-corrected chi connectivity index (χ1v) is 9.77. The fourth-order valence-corrected chi connectivity index (χ4v) is 4.08. The molecule has 0 aliphatic carbocycles. The summed E-state index contributed by atoms with van der Waals surface area (Å²) in [5.74, 6) is -1.43. The largest absolute Gasteiger partial charge is 0.332 e. The van der Waals surface area contributed by atoms with E-state index in [1.807, 2.05) is 6.07 Å².